The molecule has 0 spiro atoms. The summed E-state index contributed by atoms with van der Waals surface area (Å²) in [6.07, 6.45) is -2.09. The van der Waals surface area contributed by atoms with Gasteiger partial charge in [-0.15, -0.1) is 0 Å². The largest absolute Gasteiger partial charge is 0.489 e. The Morgan fingerprint density at radius 3 is 1.66 bits per heavy atom. The Hall–Kier alpha value is -6.21. The number of alkyl carbamates (subject to hydrolysis) is 1. The van der Waals surface area contributed by atoms with Crippen LogP contribution in [-0.2, 0) is 54.7 Å². The van der Waals surface area contributed by atoms with E-state index in [2.05, 4.69) is 21.3 Å². The molecule has 0 fully saturated rings. The number of nitrogens with one attached hydrogen (secondary N) is 4. The fraction of sp³-hybridized carbons (Fsp3) is 0.275. The molecule has 13 nitrogen and oxygen atoms in total. The van der Waals surface area contributed by atoms with Crippen LogP contribution in [0.2, 0.25) is 0 Å². The summed E-state index contributed by atoms with van der Waals surface area (Å²) in [6.45, 7) is 1.20. The first kappa shape index (κ1) is 39.6. The van der Waals surface area contributed by atoms with Crippen molar-refractivity contribution in [2.45, 2.75) is 57.2 Å². The molecule has 0 aliphatic rings. The van der Waals surface area contributed by atoms with Gasteiger partial charge in [-0.1, -0.05) is 103 Å². The van der Waals surface area contributed by atoms with E-state index in [4.69, 9.17) is 14.2 Å². The number of carbonyl (C=O) groups is 5. The maximum absolute atomic E-state index is 13.9. The molecule has 4 aromatic rings. The molecule has 4 aromatic carbocycles. The van der Waals surface area contributed by atoms with Crippen LogP contribution in [0.1, 0.15) is 29.2 Å². The van der Waals surface area contributed by atoms with Crippen LogP contribution in [0.25, 0.3) is 0 Å². The van der Waals surface area contributed by atoms with Crippen LogP contribution in [-0.4, -0.2) is 72.8 Å². The Labute approximate surface area is 308 Å². The third-order valence-corrected chi connectivity index (χ3v) is 8.02. The van der Waals surface area contributed by atoms with Gasteiger partial charge in [-0.2, -0.15) is 0 Å². The number of benzene rings is 4. The molecule has 0 heterocycles. The van der Waals surface area contributed by atoms with Gasteiger partial charge >= 0.3 is 12.1 Å². The Morgan fingerprint density at radius 2 is 1.11 bits per heavy atom. The molecule has 0 unspecified atom stereocenters. The first-order valence-corrected chi connectivity index (χ1v) is 17.0. The van der Waals surface area contributed by atoms with Crippen LogP contribution < -0.4 is 26.0 Å². The van der Waals surface area contributed by atoms with E-state index in [9.17, 15) is 29.1 Å². The van der Waals surface area contributed by atoms with Crippen LogP contribution in [0.15, 0.2) is 115 Å². The first-order chi connectivity index (χ1) is 25.6. The van der Waals surface area contributed by atoms with Gasteiger partial charge in [0.1, 0.15) is 37.6 Å². The van der Waals surface area contributed by atoms with Crippen molar-refractivity contribution in [3.8, 4) is 5.75 Å². The topological polar surface area (TPSA) is 181 Å². The molecular formula is C40H44N4O9. The first-order valence-electron chi connectivity index (χ1n) is 17.0. The maximum atomic E-state index is 13.9. The number of carbonyl (C=O) groups excluding carboxylic acids is 5. The predicted molar refractivity (Wildman–Crippen MR) is 195 cm³/mol. The average molecular weight is 725 g/mol. The number of ether oxygens (including phenoxy) is 3. The second-order valence-corrected chi connectivity index (χ2v) is 12.2. The molecule has 4 atom stereocenters. The lowest BCUT2D eigenvalue weighted by molar-refractivity contribution is -0.148. The van der Waals surface area contributed by atoms with Gasteiger partial charge in [-0.3, -0.25) is 14.4 Å². The zero-order chi connectivity index (χ0) is 38.0. The highest BCUT2D eigenvalue weighted by Crippen LogP contribution is 2.16. The van der Waals surface area contributed by atoms with Gasteiger partial charge < -0.3 is 40.6 Å². The fourth-order valence-electron chi connectivity index (χ4n) is 5.17. The van der Waals surface area contributed by atoms with Gasteiger partial charge in [-0.05, 0) is 41.3 Å². The van der Waals surface area contributed by atoms with Crippen molar-refractivity contribution in [3.63, 3.8) is 0 Å². The zero-order valence-electron chi connectivity index (χ0n) is 29.5. The van der Waals surface area contributed by atoms with Crippen LogP contribution in [0.5, 0.6) is 5.75 Å². The van der Waals surface area contributed by atoms with Crippen molar-refractivity contribution in [1.29, 1.82) is 0 Å². The molecule has 0 aliphatic heterocycles. The van der Waals surface area contributed by atoms with Crippen molar-refractivity contribution in [2.24, 2.45) is 0 Å². The number of hydrogen-bond donors (Lipinski definition) is 5. The fourth-order valence-corrected chi connectivity index (χ4v) is 5.17. The SMILES string of the molecule is COC(=O)[C@H](NC(=O)[C@H](Cc1ccc(OCc2ccccc2)cc1)NC(=O)[C@@H](Cc1ccccc1)NC(=O)CNC(=O)OCc1ccccc1)[C@@H](C)O. The normalized spacial score (nSPS) is 12.9. The van der Waals surface area contributed by atoms with E-state index in [-0.39, 0.29) is 19.4 Å². The molecule has 0 saturated heterocycles. The van der Waals surface area contributed by atoms with Gasteiger partial charge in [-0.25, -0.2) is 9.59 Å². The second kappa shape index (κ2) is 20.6. The van der Waals surface area contributed by atoms with E-state index in [1.165, 1.54) is 6.92 Å². The minimum atomic E-state index is -1.41. The third kappa shape index (κ3) is 13.5. The van der Waals surface area contributed by atoms with E-state index in [1.54, 1.807) is 78.9 Å². The zero-order valence-corrected chi connectivity index (χ0v) is 29.5. The number of aliphatic hydroxyl groups excluding tert-OH is 1. The van der Waals surface area contributed by atoms with Crippen LogP contribution in [0.4, 0.5) is 4.79 Å². The molecule has 0 saturated carbocycles. The number of hydrogen-bond acceptors (Lipinski definition) is 9. The Balaban J connectivity index is 1.47. The van der Waals surface area contributed by atoms with Crippen LogP contribution >= 0.6 is 0 Å². The van der Waals surface area contributed by atoms with Crippen LogP contribution in [0, 0.1) is 0 Å². The number of amides is 4. The van der Waals surface area contributed by atoms with Crippen molar-refractivity contribution >= 4 is 29.8 Å². The molecule has 0 radical (unpaired) electrons. The van der Waals surface area contributed by atoms with Gasteiger partial charge in [0.2, 0.25) is 17.7 Å². The summed E-state index contributed by atoms with van der Waals surface area (Å²) in [6, 6.07) is 30.7. The van der Waals surface area contributed by atoms with E-state index in [0.29, 0.717) is 17.9 Å². The Kier molecular flexibility index (Phi) is 15.4. The molecule has 13 heteroatoms. The van der Waals surface area contributed by atoms with Gasteiger partial charge in [0.05, 0.1) is 13.2 Å². The average Bonchev–Trinajstić information content (AvgIpc) is 3.18. The quantitative estimate of drug-likeness (QED) is 0.0965. The van der Waals surface area contributed by atoms with Gasteiger partial charge in [0, 0.05) is 12.8 Å². The number of aliphatic hydroxyl groups is 1. The lowest BCUT2D eigenvalue weighted by atomic mass is 10.0. The van der Waals surface area contributed by atoms with Crippen LogP contribution in [0.3, 0.4) is 0 Å². The van der Waals surface area contributed by atoms with Crippen molar-refractivity contribution in [3.05, 3.63) is 138 Å². The predicted octanol–water partition coefficient (Wildman–Crippen LogP) is 2.99. The summed E-state index contributed by atoms with van der Waals surface area (Å²) in [5, 5.41) is 20.4. The molecule has 278 valence electrons. The van der Waals surface area contributed by atoms with Gasteiger partial charge in [0.25, 0.3) is 0 Å². The highest BCUT2D eigenvalue weighted by atomic mass is 16.5. The summed E-state index contributed by atoms with van der Waals surface area (Å²) < 4.78 is 15.8. The lowest BCUT2D eigenvalue weighted by Crippen LogP contribution is -2.58. The smallest absolute Gasteiger partial charge is 0.407 e. The standard InChI is InChI=1S/C40H44N4O9/c1-27(45)36(39(49)51-2)44-38(48)34(23-29-18-20-32(21-19-29)52-25-30-14-8-4-9-15-30)43-37(47)33(22-28-12-6-3-7-13-28)42-35(46)24-41-40(50)53-26-31-16-10-5-11-17-31/h3-21,27,33-34,36,45H,22-26H2,1-2H3,(H,41,50)(H,42,46)(H,43,47)(H,44,48)/t27-,33-,34+,36-/m1/s1. The summed E-state index contributed by atoms with van der Waals surface area (Å²) in [7, 11) is 1.12. The highest BCUT2D eigenvalue weighted by Gasteiger charge is 2.32. The Morgan fingerprint density at radius 1 is 0.623 bits per heavy atom. The molecule has 0 bridgehead atoms. The minimum absolute atomic E-state index is 0.00607. The second-order valence-electron chi connectivity index (χ2n) is 12.2. The summed E-state index contributed by atoms with van der Waals surface area (Å²) in [5.74, 6) is -2.44. The highest BCUT2D eigenvalue weighted by molar-refractivity contribution is 5.94. The van der Waals surface area contributed by atoms with E-state index < -0.39 is 60.6 Å². The molecule has 53 heavy (non-hydrogen) atoms. The molecule has 0 aliphatic carbocycles. The molecule has 5 N–H and O–H groups in total. The number of esters is 1. The monoisotopic (exact) mass is 724 g/mol. The van der Waals surface area contributed by atoms with Crippen molar-refractivity contribution in [2.75, 3.05) is 13.7 Å². The van der Waals surface area contributed by atoms with E-state index >= 15 is 0 Å². The number of methoxy groups -OCH3 is 1. The molecule has 4 rings (SSSR count). The Bertz CT molecular complexity index is 1770. The summed E-state index contributed by atoms with van der Waals surface area (Å²) in [4.78, 5) is 65.2. The summed E-state index contributed by atoms with van der Waals surface area (Å²) in [5.41, 5.74) is 3.12. The minimum Gasteiger partial charge on any atom is -0.489 e. The number of rotatable bonds is 18. The van der Waals surface area contributed by atoms with Crippen molar-refractivity contribution in [1.82, 2.24) is 21.3 Å². The third-order valence-electron chi connectivity index (χ3n) is 8.02. The van der Waals surface area contributed by atoms with E-state index in [1.807, 2.05) is 36.4 Å². The van der Waals surface area contributed by atoms with E-state index in [0.717, 1.165) is 23.8 Å². The van der Waals surface area contributed by atoms with Gasteiger partial charge in [0.15, 0.2) is 6.04 Å². The molecule has 0 aromatic heterocycles. The lowest BCUT2D eigenvalue weighted by Gasteiger charge is -2.26. The maximum Gasteiger partial charge on any atom is 0.407 e. The van der Waals surface area contributed by atoms with Crippen molar-refractivity contribution < 1.29 is 43.3 Å². The molecule has 4 amide bonds. The molecular weight excluding hydrogens is 680 g/mol. The summed E-state index contributed by atoms with van der Waals surface area (Å²) >= 11 is 0.